The van der Waals surface area contributed by atoms with Gasteiger partial charge in [-0.2, -0.15) is 0 Å². The Balaban J connectivity index is 2.45. The van der Waals surface area contributed by atoms with Crippen molar-refractivity contribution in [3.05, 3.63) is 23.3 Å². The van der Waals surface area contributed by atoms with Gasteiger partial charge in [0.25, 0.3) is 0 Å². The Kier molecular flexibility index (Phi) is 6.21. The summed E-state index contributed by atoms with van der Waals surface area (Å²) in [5.41, 5.74) is 3.50. The zero-order chi connectivity index (χ0) is 17.7. The molecule has 1 N–H and O–H groups in total. The van der Waals surface area contributed by atoms with Crippen LogP contribution in [0.25, 0.3) is 0 Å². The topological polar surface area (TPSA) is 21.3 Å². The molecule has 0 bridgehead atoms. The van der Waals surface area contributed by atoms with E-state index in [1.807, 2.05) is 0 Å². The minimum Gasteiger partial charge on any atom is -0.493 e. The maximum atomic E-state index is 6.02. The van der Waals surface area contributed by atoms with Crippen molar-refractivity contribution in [1.82, 2.24) is 0 Å². The molecule has 1 aliphatic carbocycles. The summed E-state index contributed by atoms with van der Waals surface area (Å²) >= 11 is 0. The third-order valence-corrected chi connectivity index (χ3v) is 5.05. The van der Waals surface area contributed by atoms with Crippen molar-refractivity contribution in [3.63, 3.8) is 0 Å². The van der Waals surface area contributed by atoms with Crippen LogP contribution in [-0.4, -0.2) is 12.1 Å². The van der Waals surface area contributed by atoms with Crippen LogP contribution in [0.2, 0.25) is 0 Å². The average Bonchev–Trinajstić information content (AvgIpc) is 2.56. The highest BCUT2D eigenvalue weighted by Crippen LogP contribution is 2.39. The van der Waals surface area contributed by atoms with Crippen molar-refractivity contribution in [2.24, 2.45) is 0 Å². The Labute approximate surface area is 148 Å². The Bertz CT molecular complexity index is 559. The second-order valence-corrected chi connectivity index (χ2v) is 7.64. The Morgan fingerprint density at radius 1 is 1.08 bits per heavy atom. The molecule has 0 radical (unpaired) electrons. The van der Waals surface area contributed by atoms with Gasteiger partial charge in [0.1, 0.15) is 5.75 Å². The summed E-state index contributed by atoms with van der Waals surface area (Å²) in [6.07, 6.45) is 11.8. The lowest BCUT2D eigenvalue weighted by atomic mass is 9.82. The van der Waals surface area contributed by atoms with Crippen molar-refractivity contribution in [3.8, 4) is 18.1 Å². The minimum atomic E-state index is -0.187. The first kappa shape index (κ1) is 18.7. The molecule has 1 fully saturated rings. The third-order valence-electron chi connectivity index (χ3n) is 5.05. The molecule has 0 amide bonds. The molecular formula is C22H33NO. The first-order valence-corrected chi connectivity index (χ1v) is 9.49. The van der Waals surface area contributed by atoms with Crippen LogP contribution >= 0.6 is 0 Å². The zero-order valence-electron chi connectivity index (χ0n) is 16.0. The highest BCUT2D eigenvalue weighted by Gasteiger charge is 2.30. The van der Waals surface area contributed by atoms with Crippen LogP contribution in [0.3, 0.4) is 0 Å². The lowest BCUT2D eigenvalue weighted by Gasteiger charge is -2.35. The molecule has 1 aromatic rings. The van der Waals surface area contributed by atoms with Crippen LogP contribution in [0, 0.1) is 12.3 Å². The second kappa shape index (κ2) is 7.97. The van der Waals surface area contributed by atoms with Crippen molar-refractivity contribution < 1.29 is 4.74 Å². The number of ether oxygens (including phenoxy) is 1. The van der Waals surface area contributed by atoms with E-state index in [0.29, 0.717) is 18.4 Å². The second-order valence-electron chi connectivity index (χ2n) is 7.64. The Morgan fingerprint density at radius 2 is 1.62 bits per heavy atom. The lowest BCUT2D eigenvalue weighted by Crippen LogP contribution is -2.38. The largest absolute Gasteiger partial charge is 0.493 e. The van der Waals surface area contributed by atoms with Gasteiger partial charge >= 0.3 is 0 Å². The van der Waals surface area contributed by atoms with E-state index in [2.05, 4.69) is 58.0 Å². The maximum Gasteiger partial charge on any atom is 0.126 e. The smallest absolute Gasteiger partial charge is 0.126 e. The quantitative estimate of drug-likeness (QED) is 0.639. The molecule has 0 aliphatic heterocycles. The molecule has 24 heavy (non-hydrogen) atoms. The predicted octanol–water partition coefficient (Wildman–Crippen LogP) is 6.08. The van der Waals surface area contributed by atoms with E-state index in [1.165, 1.54) is 30.4 Å². The van der Waals surface area contributed by atoms with Gasteiger partial charge in [0, 0.05) is 5.69 Å². The van der Waals surface area contributed by atoms with E-state index < -0.39 is 0 Å². The predicted molar refractivity (Wildman–Crippen MR) is 104 cm³/mol. The summed E-state index contributed by atoms with van der Waals surface area (Å²) in [6, 6.07) is 4.49. The average molecular weight is 328 g/mol. The highest BCUT2D eigenvalue weighted by molar-refractivity contribution is 5.59. The van der Waals surface area contributed by atoms with Gasteiger partial charge in [-0.25, -0.2) is 0 Å². The van der Waals surface area contributed by atoms with E-state index in [-0.39, 0.29) is 5.54 Å². The number of anilines is 1. The Morgan fingerprint density at radius 3 is 2.04 bits per heavy atom. The highest BCUT2D eigenvalue weighted by atomic mass is 16.5. The monoisotopic (exact) mass is 327 g/mol. The van der Waals surface area contributed by atoms with Gasteiger partial charge in [-0.3, -0.25) is 0 Å². The van der Waals surface area contributed by atoms with Crippen LogP contribution in [-0.2, 0) is 0 Å². The number of hydrogen-bond donors (Lipinski definition) is 1. The minimum absolute atomic E-state index is 0.187. The number of terminal acetylenes is 1. The normalized spacial score (nSPS) is 16.9. The summed E-state index contributed by atoms with van der Waals surface area (Å²) in [5, 5.41) is 3.71. The molecular weight excluding hydrogens is 294 g/mol. The molecule has 2 heteroatoms. The van der Waals surface area contributed by atoms with Gasteiger partial charge in [-0.15, -0.1) is 6.42 Å². The molecule has 0 unspecified atom stereocenters. The maximum absolute atomic E-state index is 6.02. The number of benzene rings is 1. The fraction of sp³-hybridized carbons (Fsp3) is 0.636. The standard InChI is InChI=1S/C22H33NO/c1-7-22(12-10-9-11-13-22)23-18-14-19(16(3)4)21(24-8-2)20(15-18)17(5)6/h1,14-17,23H,8-13H2,2-6H3. The van der Waals surface area contributed by atoms with E-state index in [0.717, 1.165) is 24.3 Å². The third kappa shape index (κ3) is 4.07. The van der Waals surface area contributed by atoms with Gasteiger partial charge in [0.05, 0.1) is 12.1 Å². The van der Waals surface area contributed by atoms with Crippen LogP contribution in [0.5, 0.6) is 5.75 Å². The van der Waals surface area contributed by atoms with Gasteiger partial charge in [0.2, 0.25) is 0 Å². The van der Waals surface area contributed by atoms with E-state index in [4.69, 9.17) is 11.2 Å². The van der Waals surface area contributed by atoms with Gasteiger partial charge in [-0.05, 0) is 54.9 Å². The number of rotatable bonds is 6. The zero-order valence-corrected chi connectivity index (χ0v) is 16.0. The van der Waals surface area contributed by atoms with Gasteiger partial charge in [0.15, 0.2) is 0 Å². The number of hydrogen-bond acceptors (Lipinski definition) is 2. The number of nitrogens with one attached hydrogen (secondary N) is 1. The van der Waals surface area contributed by atoms with Crippen molar-refractivity contribution >= 4 is 5.69 Å². The Hall–Kier alpha value is -1.62. The molecule has 0 heterocycles. The molecule has 2 rings (SSSR count). The SMILES string of the molecule is C#CC1(Nc2cc(C(C)C)c(OCC)c(C(C)C)c2)CCCCC1. The van der Waals surface area contributed by atoms with Crippen molar-refractivity contribution in [2.75, 3.05) is 11.9 Å². The van der Waals surface area contributed by atoms with E-state index in [1.54, 1.807) is 0 Å². The van der Waals surface area contributed by atoms with Crippen LogP contribution in [0.4, 0.5) is 5.69 Å². The fourth-order valence-electron chi connectivity index (χ4n) is 3.65. The molecule has 132 valence electrons. The molecule has 0 aromatic heterocycles. The lowest BCUT2D eigenvalue weighted by molar-refractivity contribution is 0.330. The molecule has 2 nitrogen and oxygen atoms in total. The molecule has 0 spiro atoms. The van der Waals surface area contributed by atoms with Crippen molar-refractivity contribution in [1.29, 1.82) is 0 Å². The summed E-state index contributed by atoms with van der Waals surface area (Å²) in [7, 11) is 0. The molecule has 0 saturated heterocycles. The first-order valence-electron chi connectivity index (χ1n) is 9.49. The van der Waals surface area contributed by atoms with E-state index >= 15 is 0 Å². The molecule has 1 aliphatic rings. The summed E-state index contributed by atoms with van der Waals surface area (Å²) in [4.78, 5) is 0. The van der Waals surface area contributed by atoms with E-state index in [9.17, 15) is 0 Å². The van der Waals surface area contributed by atoms with Crippen LogP contribution < -0.4 is 10.1 Å². The summed E-state index contributed by atoms with van der Waals surface area (Å²) in [5.74, 6) is 4.95. The fourth-order valence-corrected chi connectivity index (χ4v) is 3.65. The van der Waals surface area contributed by atoms with Crippen LogP contribution in [0.15, 0.2) is 12.1 Å². The van der Waals surface area contributed by atoms with Gasteiger partial charge in [-0.1, -0.05) is 52.9 Å². The van der Waals surface area contributed by atoms with Crippen LogP contribution in [0.1, 0.15) is 89.7 Å². The molecule has 1 aromatic carbocycles. The molecule has 0 atom stereocenters. The van der Waals surface area contributed by atoms with Gasteiger partial charge < -0.3 is 10.1 Å². The first-order chi connectivity index (χ1) is 11.4. The molecule has 1 saturated carbocycles. The summed E-state index contributed by atoms with van der Waals surface area (Å²) in [6.45, 7) is 11.6. The van der Waals surface area contributed by atoms with Crippen molar-refractivity contribution in [2.45, 2.75) is 84.1 Å². The summed E-state index contributed by atoms with van der Waals surface area (Å²) < 4.78 is 6.02.